The van der Waals surface area contributed by atoms with Crippen LogP contribution < -0.4 is 4.90 Å². The maximum absolute atomic E-state index is 11.8. The molecule has 0 aliphatic carbocycles. The lowest BCUT2D eigenvalue weighted by molar-refractivity contribution is 0.590. The Balaban J connectivity index is 1.91. The highest BCUT2D eigenvalue weighted by Gasteiger charge is 2.48. The average molecular weight is 342 g/mol. The Hall–Kier alpha value is -0.590. The van der Waals surface area contributed by atoms with Crippen LogP contribution in [0.5, 0.6) is 0 Å². The SMILES string of the molecule is CC(C)(C)c1ccc(N2C(=S)SC3CS(=O)(=O)CC32)cc1. The van der Waals surface area contributed by atoms with E-state index >= 15 is 0 Å². The molecule has 3 nitrogen and oxygen atoms in total. The van der Waals surface area contributed by atoms with Crippen LogP contribution in [0.25, 0.3) is 0 Å². The summed E-state index contributed by atoms with van der Waals surface area (Å²) in [6.07, 6.45) is 0. The quantitative estimate of drug-likeness (QED) is 0.734. The highest BCUT2D eigenvalue weighted by Crippen LogP contribution is 2.41. The van der Waals surface area contributed by atoms with Crippen molar-refractivity contribution in [2.75, 3.05) is 16.4 Å². The van der Waals surface area contributed by atoms with Crippen molar-refractivity contribution in [1.29, 1.82) is 0 Å². The highest BCUT2D eigenvalue weighted by atomic mass is 32.2. The molecule has 2 heterocycles. The largest absolute Gasteiger partial charge is 0.322 e. The van der Waals surface area contributed by atoms with Gasteiger partial charge in [-0.1, -0.05) is 56.9 Å². The Labute approximate surface area is 136 Å². The smallest absolute Gasteiger partial charge is 0.153 e. The van der Waals surface area contributed by atoms with Crippen molar-refractivity contribution < 1.29 is 8.42 Å². The first kappa shape index (κ1) is 15.3. The molecule has 0 spiro atoms. The number of benzene rings is 1. The summed E-state index contributed by atoms with van der Waals surface area (Å²) in [5.74, 6) is 0.463. The molecule has 2 aliphatic heterocycles. The first-order chi connectivity index (χ1) is 9.67. The monoisotopic (exact) mass is 341 g/mol. The fourth-order valence-electron chi connectivity index (χ4n) is 2.89. The lowest BCUT2D eigenvalue weighted by Crippen LogP contribution is -2.36. The molecule has 0 bridgehead atoms. The molecule has 2 aliphatic rings. The molecule has 0 radical (unpaired) electrons. The Bertz CT molecular complexity index is 674. The normalized spacial score (nSPS) is 28.0. The third-order valence-electron chi connectivity index (χ3n) is 4.06. The van der Waals surface area contributed by atoms with Gasteiger partial charge in [-0.3, -0.25) is 0 Å². The summed E-state index contributed by atoms with van der Waals surface area (Å²) in [5, 5.41) is 0.0878. The number of nitrogens with zero attached hydrogens (tertiary/aromatic N) is 1. The minimum Gasteiger partial charge on any atom is -0.322 e. The fraction of sp³-hybridized carbons (Fsp3) is 0.533. The zero-order valence-corrected chi connectivity index (χ0v) is 14.8. The van der Waals surface area contributed by atoms with Gasteiger partial charge >= 0.3 is 0 Å². The first-order valence-electron chi connectivity index (χ1n) is 6.98. The van der Waals surface area contributed by atoms with Gasteiger partial charge in [0.05, 0.1) is 17.5 Å². The van der Waals surface area contributed by atoms with Gasteiger partial charge in [0.1, 0.15) is 4.32 Å². The van der Waals surface area contributed by atoms with Gasteiger partial charge in [-0.05, 0) is 23.1 Å². The molecule has 2 fully saturated rings. The number of sulfone groups is 1. The molecule has 1 aromatic rings. The Morgan fingerprint density at radius 1 is 1.19 bits per heavy atom. The molecule has 2 saturated heterocycles. The first-order valence-corrected chi connectivity index (χ1v) is 10.1. The van der Waals surface area contributed by atoms with E-state index in [-0.39, 0.29) is 28.2 Å². The molecular weight excluding hydrogens is 322 g/mol. The van der Waals surface area contributed by atoms with Gasteiger partial charge in [-0.2, -0.15) is 0 Å². The van der Waals surface area contributed by atoms with Gasteiger partial charge in [0.25, 0.3) is 0 Å². The summed E-state index contributed by atoms with van der Waals surface area (Å²) < 4.78 is 24.5. The zero-order chi connectivity index (χ0) is 15.4. The highest BCUT2D eigenvalue weighted by molar-refractivity contribution is 8.24. The van der Waals surface area contributed by atoms with E-state index in [4.69, 9.17) is 12.2 Å². The van der Waals surface area contributed by atoms with Crippen molar-refractivity contribution in [1.82, 2.24) is 0 Å². The van der Waals surface area contributed by atoms with E-state index in [0.29, 0.717) is 0 Å². The van der Waals surface area contributed by atoms with E-state index in [0.717, 1.165) is 10.0 Å². The van der Waals surface area contributed by atoms with Crippen LogP contribution in [-0.2, 0) is 15.3 Å². The number of fused-ring (bicyclic) bond motifs is 1. The number of hydrogen-bond acceptors (Lipinski definition) is 4. The summed E-state index contributed by atoms with van der Waals surface area (Å²) in [4.78, 5) is 2.03. The van der Waals surface area contributed by atoms with Crippen LogP contribution in [0.15, 0.2) is 24.3 Å². The van der Waals surface area contributed by atoms with E-state index in [1.165, 1.54) is 17.3 Å². The predicted octanol–water partition coefficient (Wildman–Crippen LogP) is 2.99. The van der Waals surface area contributed by atoms with Gasteiger partial charge in [-0.15, -0.1) is 0 Å². The van der Waals surface area contributed by atoms with Crippen LogP contribution in [0.1, 0.15) is 26.3 Å². The minimum absolute atomic E-state index is 0.00649. The zero-order valence-electron chi connectivity index (χ0n) is 12.4. The van der Waals surface area contributed by atoms with E-state index in [1.807, 2.05) is 4.90 Å². The molecule has 6 heteroatoms. The summed E-state index contributed by atoms with van der Waals surface area (Å²) >= 11 is 6.98. The van der Waals surface area contributed by atoms with Crippen LogP contribution in [0.3, 0.4) is 0 Å². The average Bonchev–Trinajstić information content (AvgIpc) is 2.78. The van der Waals surface area contributed by atoms with Gasteiger partial charge in [0.15, 0.2) is 9.84 Å². The van der Waals surface area contributed by atoms with Crippen LogP contribution in [-0.4, -0.2) is 35.5 Å². The van der Waals surface area contributed by atoms with Crippen LogP contribution in [0.2, 0.25) is 0 Å². The number of thiocarbonyl (C=S) groups is 1. The van der Waals surface area contributed by atoms with Crippen molar-refractivity contribution in [2.24, 2.45) is 0 Å². The van der Waals surface area contributed by atoms with E-state index < -0.39 is 9.84 Å². The molecule has 0 N–H and O–H groups in total. The van der Waals surface area contributed by atoms with Crippen molar-refractivity contribution in [2.45, 2.75) is 37.5 Å². The van der Waals surface area contributed by atoms with E-state index in [1.54, 1.807) is 0 Å². The van der Waals surface area contributed by atoms with Crippen molar-refractivity contribution in [3.63, 3.8) is 0 Å². The van der Waals surface area contributed by atoms with E-state index in [2.05, 4.69) is 45.0 Å². The Kier molecular flexibility index (Phi) is 3.62. The lowest BCUT2D eigenvalue weighted by atomic mass is 9.87. The molecule has 2 unspecified atom stereocenters. The summed E-state index contributed by atoms with van der Waals surface area (Å²) in [7, 11) is -2.92. The third kappa shape index (κ3) is 2.85. The van der Waals surface area contributed by atoms with Gasteiger partial charge in [0, 0.05) is 10.9 Å². The second-order valence-corrected chi connectivity index (χ2v) is 10.8. The molecule has 21 heavy (non-hydrogen) atoms. The van der Waals surface area contributed by atoms with Crippen molar-refractivity contribution in [3.8, 4) is 0 Å². The summed E-state index contributed by atoms with van der Waals surface area (Å²) in [6, 6.07) is 8.33. The molecule has 1 aromatic carbocycles. The Morgan fingerprint density at radius 3 is 2.38 bits per heavy atom. The number of rotatable bonds is 1. The molecule has 2 atom stereocenters. The maximum atomic E-state index is 11.8. The second-order valence-electron chi connectivity index (χ2n) is 6.73. The second kappa shape index (κ2) is 4.96. The Morgan fingerprint density at radius 2 is 1.81 bits per heavy atom. The molecule has 114 valence electrons. The van der Waals surface area contributed by atoms with E-state index in [9.17, 15) is 8.42 Å². The van der Waals surface area contributed by atoms with Crippen molar-refractivity contribution in [3.05, 3.63) is 29.8 Å². The van der Waals surface area contributed by atoms with Crippen LogP contribution in [0.4, 0.5) is 5.69 Å². The van der Waals surface area contributed by atoms with Crippen LogP contribution in [0, 0.1) is 0 Å². The molecule has 0 amide bonds. The molecule has 0 saturated carbocycles. The topological polar surface area (TPSA) is 37.4 Å². The third-order valence-corrected chi connectivity index (χ3v) is 7.66. The van der Waals surface area contributed by atoms with Gasteiger partial charge in [-0.25, -0.2) is 8.42 Å². The number of hydrogen-bond donors (Lipinski definition) is 0. The maximum Gasteiger partial charge on any atom is 0.153 e. The number of anilines is 1. The molecule has 0 aromatic heterocycles. The van der Waals surface area contributed by atoms with Gasteiger partial charge < -0.3 is 4.90 Å². The minimum atomic E-state index is -2.92. The summed E-state index contributed by atoms with van der Waals surface area (Å²) in [5.41, 5.74) is 2.38. The lowest BCUT2D eigenvalue weighted by Gasteiger charge is -2.25. The van der Waals surface area contributed by atoms with Gasteiger partial charge in [0.2, 0.25) is 0 Å². The number of thioether (sulfide) groups is 1. The standard InChI is InChI=1S/C15H19NO2S3/c1-15(2,3)10-4-6-11(7-5-10)16-12-8-21(17,18)9-13(12)20-14(16)19/h4-7,12-13H,8-9H2,1-3H3. The molecule has 3 rings (SSSR count). The molecular formula is C15H19NO2S3. The van der Waals surface area contributed by atoms with Crippen LogP contribution >= 0.6 is 24.0 Å². The fourth-order valence-corrected chi connectivity index (χ4v) is 7.27. The summed E-state index contributed by atoms with van der Waals surface area (Å²) in [6.45, 7) is 6.54. The van der Waals surface area contributed by atoms with Crippen molar-refractivity contribution >= 4 is 43.8 Å². The predicted molar refractivity (Wildman–Crippen MR) is 94.0 cm³/mol.